The SMILES string of the molecule is CCCNC(CC(F)(F)F)c1ccnn1C(C)C. The second-order valence-corrected chi connectivity index (χ2v) is 4.62. The minimum atomic E-state index is -4.18. The van der Waals surface area contributed by atoms with Gasteiger partial charge in [-0.25, -0.2) is 0 Å². The summed E-state index contributed by atoms with van der Waals surface area (Å²) in [5, 5.41) is 7.03. The van der Waals surface area contributed by atoms with E-state index in [1.54, 1.807) is 16.9 Å². The molecule has 1 heterocycles. The number of aromatic nitrogens is 2. The summed E-state index contributed by atoms with van der Waals surface area (Å²) in [7, 11) is 0. The van der Waals surface area contributed by atoms with E-state index in [2.05, 4.69) is 10.4 Å². The van der Waals surface area contributed by atoms with Gasteiger partial charge in [0.25, 0.3) is 0 Å². The highest BCUT2D eigenvalue weighted by Gasteiger charge is 2.33. The first-order valence-corrected chi connectivity index (χ1v) is 6.18. The zero-order valence-electron chi connectivity index (χ0n) is 11.0. The molecule has 1 aromatic heterocycles. The Balaban J connectivity index is 2.90. The summed E-state index contributed by atoms with van der Waals surface area (Å²) in [6.45, 7) is 6.29. The van der Waals surface area contributed by atoms with Gasteiger partial charge in [0.05, 0.1) is 18.2 Å². The van der Waals surface area contributed by atoms with Crippen LogP contribution in [0.25, 0.3) is 0 Å². The Morgan fingerprint density at radius 3 is 2.56 bits per heavy atom. The monoisotopic (exact) mass is 263 g/mol. The third-order valence-corrected chi connectivity index (χ3v) is 2.62. The maximum atomic E-state index is 12.6. The molecule has 18 heavy (non-hydrogen) atoms. The summed E-state index contributed by atoms with van der Waals surface area (Å²) < 4.78 is 39.4. The zero-order valence-corrected chi connectivity index (χ0v) is 11.0. The number of hydrogen-bond acceptors (Lipinski definition) is 2. The number of hydrogen-bond donors (Lipinski definition) is 1. The average Bonchev–Trinajstić information content (AvgIpc) is 2.71. The van der Waals surface area contributed by atoms with E-state index in [1.807, 2.05) is 20.8 Å². The summed E-state index contributed by atoms with van der Waals surface area (Å²) in [6, 6.07) is 0.975. The van der Waals surface area contributed by atoms with Crippen LogP contribution < -0.4 is 5.32 Å². The van der Waals surface area contributed by atoms with Gasteiger partial charge in [0.15, 0.2) is 0 Å². The highest BCUT2D eigenvalue weighted by atomic mass is 19.4. The van der Waals surface area contributed by atoms with Gasteiger partial charge in [-0.15, -0.1) is 0 Å². The smallest absolute Gasteiger partial charge is 0.308 e. The summed E-state index contributed by atoms with van der Waals surface area (Å²) in [5.41, 5.74) is 0.593. The van der Waals surface area contributed by atoms with Crippen molar-refractivity contribution in [2.45, 2.75) is 51.9 Å². The first-order valence-electron chi connectivity index (χ1n) is 6.18. The lowest BCUT2D eigenvalue weighted by atomic mass is 10.1. The number of nitrogens with zero attached hydrogens (tertiary/aromatic N) is 2. The summed E-state index contributed by atoms with van der Waals surface area (Å²) in [5.74, 6) is 0. The molecule has 3 nitrogen and oxygen atoms in total. The summed E-state index contributed by atoms with van der Waals surface area (Å²) in [6.07, 6.45) is -2.71. The maximum absolute atomic E-state index is 12.6. The van der Waals surface area contributed by atoms with Crippen LogP contribution in [-0.4, -0.2) is 22.5 Å². The zero-order chi connectivity index (χ0) is 13.8. The van der Waals surface area contributed by atoms with Crippen molar-refractivity contribution in [1.29, 1.82) is 0 Å². The fraction of sp³-hybridized carbons (Fsp3) is 0.750. The Morgan fingerprint density at radius 2 is 2.06 bits per heavy atom. The van der Waals surface area contributed by atoms with E-state index >= 15 is 0 Å². The predicted molar refractivity (Wildman–Crippen MR) is 64.3 cm³/mol. The summed E-state index contributed by atoms with van der Waals surface area (Å²) in [4.78, 5) is 0. The van der Waals surface area contributed by atoms with E-state index in [-0.39, 0.29) is 6.04 Å². The van der Waals surface area contributed by atoms with Gasteiger partial charge in [0.1, 0.15) is 0 Å². The van der Waals surface area contributed by atoms with Gasteiger partial charge in [0.2, 0.25) is 0 Å². The molecule has 0 aliphatic rings. The van der Waals surface area contributed by atoms with Gasteiger partial charge >= 0.3 is 6.18 Å². The van der Waals surface area contributed by atoms with Crippen LogP contribution in [0.3, 0.4) is 0 Å². The van der Waals surface area contributed by atoms with Gasteiger partial charge in [-0.1, -0.05) is 6.92 Å². The van der Waals surface area contributed by atoms with Gasteiger partial charge in [0, 0.05) is 12.2 Å². The van der Waals surface area contributed by atoms with Crippen molar-refractivity contribution >= 4 is 0 Å². The predicted octanol–water partition coefficient (Wildman–Crippen LogP) is 3.46. The molecule has 104 valence electrons. The molecule has 0 fully saturated rings. The van der Waals surface area contributed by atoms with Gasteiger partial charge in [-0.3, -0.25) is 4.68 Å². The molecular weight excluding hydrogens is 243 g/mol. The van der Waals surface area contributed by atoms with Crippen LogP contribution in [-0.2, 0) is 0 Å². The van der Waals surface area contributed by atoms with Crippen molar-refractivity contribution < 1.29 is 13.2 Å². The molecule has 6 heteroatoms. The first kappa shape index (κ1) is 15.0. The third-order valence-electron chi connectivity index (χ3n) is 2.62. The van der Waals surface area contributed by atoms with Gasteiger partial charge in [-0.2, -0.15) is 18.3 Å². The molecule has 0 saturated heterocycles. The van der Waals surface area contributed by atoms with E-state index in [4.69, 9.17) is 0 Å². The molecular formula is C12H20F3N3. The highest BCUT2D eigenvalue weighted by molar-refractivity contribution is 5.08. The van der Waals surface area contributed by atoms with Crippen molar-refractivity contribution in [2.75, 3.05) is 6.54 Å². The number of halogens is 3. The molecule has 0 aliphatic carbocycles. The Labute approximate surface area is 105 Å². The Hall–Kier alpha value is -1.04. The number of rotatable bonds is 6. The quantitative estimate of drug-likeness (QED) is 0.851. The Bertz CT molecular complexity index is 358. The minimum Gasteiger partial charge on any atom is -0.308 e. The second kappa shape index (κ2) is 6.22. The van der Waals surface area contributed by atoms with Crippen LogP contribution >= 0.6 is 0 Å². The Morgan fingerprint density at radius 1 is 1.39 bits per heavy atom. The van der Waals surface area contributed by atoms with Gasteiger partial charge in [-0.05, 0) is 32.9 Å². The van der Waals surface area contributed by atoms with Crippen LogP contribution in [0.4, 0.5) is 13.2 Å². The van der Waals surface area contributed by atoms with E-state index in [1.165, 1.54) is 0 Å². The van der Waals surface area contributed by atoms with Crippen molar-refractivity contribution in [3.8, 4) is 0 Å². The van der Waals surface area contributed by atoms with Crippen molar-refractivity contribution in [3.63, 3.8) is 0 Å². The Kier molecular flexibility index (Phi) is 5.19. The molecule has 0 radical (unpaired) electrons. The third kappa shape index (κ3) is 4.33. The molecule has 0 bridgehead atoms. The van der Waals surface area contributed by atoms with Crippen molar-refractivity contribution in [2.24, 2.45) is 0 Å². The molecule has 1 aromatic rings. The van der Waals surface area contributed by atoms with E-state index < -0.39 is 18.6 Å². The van der Waals surface area contributed by atoms with Gasteiger partial charge < -0.3 is 5.32 Å². The fourth-order valence-electron chi connectivity index (χ4n) is 1.86. The normalized spacial score (nSPS) is 14.2. The fourth-order valence-corrected chi connectivity index (χ4v) is 1.86. The number of nitrogens with one attached hydrogen (secondary N) is 1. The molecule has 1 atom stereocenters. The molecule has 1 unspecified atom stereocenters. The van der Waals surface area contributed by atoms with Crippen LogP contribution in [0.15, 0.2) is 12.3 Å². The van der Waals surface area contributed by atoms with E-state index in [0.717, 1.165) is 6.42 Å². The van der Waals surface area contributed by atoms with Crippen LogP contribution in [0.1, 0.15) is 51.4 Å². The topological polar surface area (TPSA) is 29.9 Å². The molecule has 0 saturated carbocycles. The molecule has 0 aliphatic heterocycles. The van der Waals surface area contributed by atoms with Crippen molar-refractivity contribution in [3.05, 3.63) is 18.0 Å². The van der Waals surface area contributed by atoms with Crippen molar-refractivity contribution in [1.82, 2.24) is 15.1 Å². The van der Waals surface area contributed by atoms with E-state index in [9.17, 15) is 13.2 Å². The standard InChI is InChI=1S/C12H20F3N3/c1-4-6-16-10(8-12(13,14)15)11-5-7-17-18(11)9(2)3/h5,7,9-10,16H,4,6,8H2,1-3H3. The average molecular weight is 263 g/mol. The molecule has 0 amide bonds. The highest BCUT2D eigenvalue weighted by Crippen LogP contribution is 2.30. The lowest BCUT2D eigenvalue weighted by Crippen LogP contribution is -2.29. The van der Waals surface area contributed by atoms with E-state index in [0.29, 0.717) is 12.2 Å². The van der Waals surface area contributed by atoms with Crippen LogP contribution in [0.2, 0.25) is 0 Å². The molecule has 0 spiro atoms. The number of alkyl halides is 3. The minimum absolute atomic E-state index is 0.0501. The lowest BCUT2D eigenvalue weighted by Gasteiger charge is -2.22. The van der Waals surface area contributed by atoms with Crippen LogP contribution in [0, 0.1) is 0 Å². The largest absolute Gasteiger partial charge is 0.390 e. The molecule has 1 N–H and O–H groups in total. The van der Waals surface area contributed by atoms with Crippen LogP contribution in [0.5, 0.6) is 0 Å². The first-order chi connectivity index (χ1) is 8.35. The molecule has 1 rings (SSSR count). The molecule has 0 aromatic carbocycles. The maximum Gasteiger partial charge on any atom is 0.390 e. The summed E-state index contributed by atoms with van der Waals surface area (Å²) >= 11 is 0. The second-order valence-electron chi connectivity index (χ2n) is 4.62. The lowest BCUT2D eigenvalue weighted by molar-refractivity contribution is -0.140.